The Kier molecular flexibility index (Phi) is 3.46. The SMILES string of the molecule is COc1cc(Cl)cc2cc(C(=O)c3csc(Cl)c3)oc12. The summed E-state index contributed by atoms with van der Waals surface area (Å²) < 4.78 is 11.4. The molecule has 3 rings (SSSR count). The molecule has 0 unspecified atom stereocenters. The van der Waals surface area contributed by atoms with Gasteiger partial charge in [-0.1, -0.05) is 23.2 Å². The molecule has 0 amide bonds. The first-order valence-electron chi connectivity index (χ1n) is 5.64. The van der Waals surface area contributed by atoms with Gasteiger partial charge in [-0.15, -0.1) is 11.3 Å². The number of fused-ring (bicyclic) bond motifs is 1. The fourth-order valence-corrected chi connectivity index (χ4v) is 3.00. The minimum Gasteiger partial charge on any atom is -0.493 e. The number of methoxy groups -OCH3 is 1. The van der Waals surface area contributed by atoms with Crippen molar-refractivity contribution in [3.8, 4) is 5.75 Å². The zero-order valence-corrected chi connectivity index (χ0v) is 12.6. The Morgan fingerprint density at radius 2 is 2.05 bits per heavy atom. The van der Waals surface area contributed by atoms with Gasteiger partial charge < -0.3 is 9.15 Å². The maximum absolute atomic E-state index is 12.3. The summed E-state index contributed by atoms with van der Waals surface area (Å²) in [5.41, 5.74) is 1.01. The number of benzene rings is 1. The average molecular weight is 327 g/mol. The van der Waals surface area contributed by atoms with Crippen LogP contribution in [-0.4, -0.2) is 12.9 Å². The monoisotopic (exact) mass is 326 g/mol. The van der Waals surface area contributed by atoms with E-state index in [0.29, 0.717) is 26.3 Å². The molecule has 0 N–H and O–H groups in total. The maximum Gasteiger partial charge on any atom is 0.229 e. The minimum absolute atomic E-state index is 0.220. The number of thiophene rings is 1. The van der Waals surface area contributed by atoms with Crippen molar-refractivity contribution in [2.24, 2.45) is 0 Å². The lowest BCUT2D eigenvalue weighted by molar-refractivity contribution is 0.101. The largest absolute Gasteiger partial charge is 0.493 e. The van der Waals surface area contributed by atoms with Crippen molar-refractivity contribution in [2.45, 2.75) is 0 Å². The number of carbonyl (C=O) groups excluding carboxylic acids is 1. The summed E-state index contributed by atoms with van der Waals surface area (Å²) in [6, 6.07) is 6.63. The predicted molar refractivity (Wildman–Crippen MR) is 80.5 cm³/mol. The van der Waals surface area contributed by atoms with E-state index in [1.54, 1.807) is 29.6 Å². The van der Waals surface area contributed by atoms with Gasteiger partial charge in [0.2, 0.25) is 5.78 Å². The Morgan fingerprint density at radius 3 is 2.70 bits per heavy atom. The molecular formula is C14H8Cl2O3S. The molecule has 0 saturated carbocycles. The Morgan fingerprint density at radius 1 is 1.25 bits per heavy atom. The van der Waals surface area contributed by atoms with Crippen LogP contribution < -0.4 is 4.74 Å². The molecule has 0 fully saturated rings. The lowest BCUT2D eigenvalue weighted by atomic mass is 10.1. The summed E-state index contributed by atoms with van der Waals surface area (Å²) in [6.45, 7) is 0. The fraction of sp³-hybridized carbons (Fsp3) is 0.0714. The molecule has 3 aromatic rings. The zero-order chi connectivity index (χ0) is 14.3. The minimum atomic E-state index is -0.220. The van der Waals surface area contributed by atoms with Crippen LogP contribution in [0.2, 0.25) is 9.36 Å². The summed E-state index contributed by atoms with van der Waals surface area (Å²) in [7, 11) is 1.52. The topological polar surface area (TPSA) is 39.4 Å². The zero-order valence-electron chi connectivity index (χ0n) is 10.3. The van der Waals surface area contributed by atoms with Crippen molar-refractivity contribution in [2.75, 3.05) is 7.11 Å². The average Bonchev–Trinajstić information content (AvgIpc) is 3.02. The number of halogens is 2. The Bertz CT molecular complexity index is 804. The van der Waals surface area contributed by atoms with Crippen molar-refractivity contribution in [3.63, 3.8) is 0 Å². The van der Waals surface area contributed by atoms with E-state index in [1.807, 2.05) is 0 Å². The van der Waals surface area contributed by atoms with Crippen LogP contribution in [0.4, 0.5) is 0 Å². The Labute approximate surface area is 128 Å². The number of rotatable bonds is 3. The molecule has 1 aromatic carbocycles. The van der Waals surface area contributed by atoms with Crippen molar-refractivity contribution < 1.29 is 13.9 Å². The molecule has 6 heteroatoms. The first kappa shape index (κ1) is 13.5. The first-order chi connectivity index (χ1) is 9.58. The Hall–Kier alpha value is -1.49. The maximum atomic E-state index is 12.3. The molecule has 0 bridgehead atoms. The molecule has 2 aromatic heterocycles. The second-order valence-corrected chi connectivity index (χ2v) is 6.08. The smallest absolute Gasteiger partial charge is 0.229 e. The molecule has 102 valence electrons. The molecule has 0 saturated heterocycles. The number of furan rings is 1. The second-order valence-electron chi connectivity index (χ2n) is 4.11. The van der Waals surface area contributed by atoms with Crippen molar-refractivity contribution in [1.29, 1.82) is 0 Å². The van der Waals surface area contributed by atoms with Gasteiger partial charge in [0.25, 0.3) is 0 Å². The van der Waals surface area contributed by atoms with Crippen LogP contribution in [0, 0.1) is 0 Å². The number of hydrogen-bond donors (Lipinski definition) is 0. The number of ketones is 1. The normalized spacial score (nSPS) is 10.9. The van der Waals surface area contributed by atoms with E-state index >= 15 is 0 Å². The molecule has 0 radical (unpaired) electrons. The lowest BCUT2D eigenvalue weighted by Crippen LogP contribution is -1.96. The molecular weight excluding hydrogens is 319 g/mol. The van der Waals surface area contributed by atoms with Gasteiger partial charge in [0, 0.05) is 27.4 Å². The van der Waals surface area contributed by atoms with E-state index in [-0.39, 0.29) is 11.5 Å². The van der Waals surface area contributed by atoms with E-state index in [9.17, 15) is 4.79 Å². The molecule has 0 aliphatic heterocycles. The number of hydrogen-bond acceptors (Lipinski definition) is 4. The van der Waals surface area contributed by atoms with Crippen molar-refractivity contribution in [1.82, 2.24) is 0 Å². The highest BCUT2D eigenvalue weighted by molar-refractivity contribution is 7.14. The highest BCUT2D eigenvalue weighted by Crippen LogP contribution is 2.33. The van der Waals surface area contributed by atoms with Crippen LogP contribution in [-0.2, 0) is 0 Å². The summed E-state index contributed by atoms with van der Waals surface area (Å²) in [5.74, 6) is 0.507. The molecule has 20 heavy (non-hydrogen) atoms. The summed E-state index contributed by atoms with van der Waals surface area (Å²) in [6.07, 6.45) is 0. The van der Waals surface area contributed by atoms with Gasteiger partial charge in [-0.3, -0.25) is 4.79 Å². The van der Waals surface area contributed by atoms with Crippen LogP contribution in [0.5, 0.6) is 5.75 Å². The van der Waals surface area contributed by atoms with Gasteiger partial charge in [0.1, 0.15) is 0 Å². The third-order valence-corrected chi connectivity index (χ3v) is 4.13. The van der Waals surface area contributed by atoms with Crippen LogP contribution in [0.1, 0.15) is 16.1 Å². The molecule has 0 aliphatic carbocycles. The predicted octanol–water partition coefficient (Wildman–Crippen LogP) is 5.04. The highest BCUT2D eigenvalue weighted by atomic mass is 35.5. The van der Waals surface area contributed by atoms with Crippen molar-refractivity contribution >= 4 is 51.3 Å². The first-order valence-corrected chi connectivity index (χ1v) is 7.28. The van der Waals surface area contributed by atoms with Crippen LogP contribution >= 0.6 is 34.5 Å². The van der Waals surface area contributed by atoms with Crippen molar-refractivity contribution in [3.05, 3.63) is 50.3 Å². The van der Waals surface area contributed by atoms with E-state index in [2.05, 4.69) is 0 Å². The highest BCUT2D eigenvalue weighted by Gasteiger charge is 2.18. The summed E-state index contributed by atoms with van der Waals surface area (Å²) in [5, 5.41) is 2.94. The standard InChI is InChI=1S/C14H8Cl2O3S/c1-18-11-5-9(15)2-7-3-10(19-14(7)11)13(17)8-4-12(16)20-6-8/h2-6H,1H3. The van der Waals surface area contributed by atoms with Gasteiger partial charge in [0.15, 0.2) is 17.1 Å². The third kappa shape index (κ3) is 2.30. The Balaban J connectivity index is 2.11. The molecule has 0 atom stereocenters. The molecule has 2 heterocycles. The summed E-state index contributed by atoms with van der Waals surface area (Å²) >= 11 is 13.1. The third-order valence-electron chi connectivity index (χ3n) is 2.82. The van der Waals surface area contributed by atoms with Gasteiger partial charge in [0.05, 0.1) is 11.4 Å². The van der Waals surface area contributed by atoms with Gasteiger partial charge >= 0.3 is 0 Å². The van der Waals surface area contributed by atoms with Gasteiger partial charge in [-0.2, -0.15) is 0 Å². The second kappa shape index (κ2) is 5.13. The van der Waals surface area contributed by atoms with Gasteiger partial charge in [-0.25, -0.2) is 0 Å². The van der Waals surface area contributed by atoms with Crippen LogP contribution in [0.15, 0.2) is 34.1 Å². The van der Waals surface area contributed by atoms with Gasteiger partial charge in [-0.05, 0) is 18.2 Å². The van der Waals surface area contributed by atoms with E-state index < -0.39 is 0 Å². The van der Waals surface area contributed by atoms with E-state index in [1.165, 1.54) is 18.4 Å². The molecule has 0 aliphatic rings. The number of ether oxygens (including phenoxy) is 1. The quantitative estimate of drug-likeness (QED) is 0.633. The number of carbonyl (C=O) groups is 1. The van der Waals surface area contributed by atoms with E-state index in [4.69, 9.17) is 32.4 Å². The van der Waals surface area contributed by atoms with E-state index in [0.717, 1.165) is 5.39 Å². The molecule has 0 spiro atoms. The summed E-state index contributed by atoms with van der Waals surface area (Å²) in [4.78, 5) is 12.3. The molecule has 3 nitrogen and oxygen atoms in total. The lowest BCUT2D eigenvalue weighted by Gasteiger charge is -2.00. The van der Waals surface area contributed by atoms with Crippen LogP contribution in [0.25, 0.3) is 11.0 Å². The fourth-order valence-electron chi connectivity index (χ4n) is 1.92. The van der Waals surface area contributed by atoms with Crippen LogP contribution in [0.3, 0.4) is 0 Å².